The number of amides is 1. The highest BCUT2D eigenvalue weighted by Gasteiger charge is 2.48. The number of aromatic nitrogens is 1. The number of aryl methyl sites for hydroxylation is 3. The summed E-state index contributed by atoms with van der Waals surface area (Å²) in [6, 6.07) is 17.4. The minimum Gasteiger partial charge on any atom is -0.507 e. The Bertz CT molecular complexity index is 1490. The molecule has 0 saturated carbocycles. The average molecular weight is 489 g/mol. The van der Waals surface area contributed by atoms with E-state index in [0.717, 1.165) is 26.9 Å². The number of ketones is 1. The Morgan fingerprint density at radius 3 is 2.32 bits per heavy atom. The second-order valence-corrected chi connectivity index (χ2v) is 9.96. The van der Waals surface area contributed by atoms with Gasteiger partial charge in [-0.3, -0.25) is 14.5 Å². The molecule has 1 saturated heterocycles. The molecule has 170 valence electrons. The Hall–Kier alpha value is -3.48. The lowest BCUT2D eigenvalue weighted by molar-refractivity contribution is -0.132. The zero-order valence-electron chi connectivity index (χ0n) is 18.8. The van der Waals surface area contributed by atoms with Crippen LogP contribution in [0.5, 0.6) is 0 Å². The van der Waals surface area contributed by atoms with E-state index in [0.29, 0.717) is 21.3 Å². The van der Waals surface area contributed by atoms with E-state index < -0.39 is 17.7 Å². The van der Waals surface area contributed by atoms with Gasteiger partial charge in [0.15, 0.2) is 5.13 Å². The van der Waals surface area contributed by atoms with Gasteiger partial charge in [-0.2, -0.15) is 0 Å². The van der Waals surface area contributed by atoms with E-state index >= 15 is 0 Å². The fourth-order valence-electron chi connectivity index (χ4n) is 4.32. The number of hydrogen-bond acceptors (Lipinski definition) is 5. The van der Waals surface area contributed by atoms with Crippen molar-refractivity contribution >= 4 is 55.7 Å². The Kier molecular flexibility index (Phi) is 5.50. The van der Waals surface area contributed by atoms with Crippen molar-refractivity contribution in [2.45, 2.75) is 26.8 Å². The van der Waals surface area contributed by atoms with Crippen molar-refractivity contribution in [2.24, 2.45) is 0 Å². The van der Waals surface area contributed by atoms with Gasteiger partial charge < -0.3 is 5.11 Å². The van der Waals surface area contributed by atoms with Gasteiger partial charge in [-0.1, -0.05) is 58.8 Å². The van der Waals surface area contributed by atoms with E-state index in [1.54, 1.807) is 24.3 Å². The van der Waals surface area contributed by atoms with Gasteiger partial charge >= 0.3 is 5.91 Å². The van der Waals surface area contributed by atoms with Crippen molar-refractivity contribution in [3.8, 4) is 0 Å². The first-order valence-corrected chi connectivity index (χ1v) is 12.0. The van der Waals surface area contributed by atoms with Gasteiger partial charge in [0.2, 0.25) is 0 Å². The molecule has 5 rings (SSSR count). The second-order valence-electron chi connectivity index (χ2n) is 8.51. The molecule has 1 aromatic heterocycles. The van der Waals surface area contributed by atoms with Gasteiger partial charge in [-0.25, -0.2) is 4.98 Å². The first-order valence-electron chi connectivity index (χ1n) is 10.8. The van der Waals surface area contributed by atoms with Crippen LogP contribution in [0.3, 0.4) is 0 Å². The van der Waals surface area contributed by atoms with Crippen molar-refractivity contribution in [3.63, 3.8) is 0 Å². The maximum Gasteiger partial charge on any atom is 0.301 e. The summed E-state index contributed by atoms with van der Waals surface area (Å²) in [5, 5.41) is 12.1. The third-order valence-electron chi connectivity index (χ3n) is 5.98. The van der Waals surface area contributed by atoms with Crippen molar-refractivity contribution in [2.75, 3.05) is 4.90 Å². The molecule has 1 N–H and O–H groups in total. The van der Waals surface area contributed by atoms with Crippen LogP contribution in [-0.4, -0.2) is 21.8 Å². The van der Waals surface area contributed by atoms with Crippen LogP contribution in [0.2, 0.25) is 5.02 Å². The highest BCUT2D eigenvalue weighted by molar-refractivity contribution is 7.22. The van der Waals surface area contributed by atoms with E-state index in [1.165, 1.54) is 16.2 Å². The van der Waals surface area contributed by atoms with Crippen LogP contribution in [0, 0.1) is 20.8 Å². The molecule has 3 aromatic carbocycles. The van der Waals surface area contributed by atoms with E-state index in [1.807, 2.05) is 57.2 Å². The second kappa shape index (κ2) is 8.38. The standard InChI is InChI=1S/C27H21ClN2O3S/c1-14-4-6-17(7-5-14)23-21(24(31)18-8-10-19(28)11-9-18)25(32)26(33)30(23)27-29-22-16(3)12-15(2)13-20(22)34-27/h4-13,23,31H,1-3H3. The van der Waals surface area contributed by atoms with E-state index in [9.17, 15) is 14.7 Å². The van der Waals surface area contributed by atoms with Gasteiger partial charge in [0.05, 0.1) is 21.8 Å². The van der Waals surface area contributed by atoms with Crippen molar-refractivity contribution in [1.82, 2.24) is 4.98 Å². The molecule has 0 spiro atoms. The quantitative estimate of drug-likeness (QED) is 0.203. The van der Waals surface area contributed by atoms with Crippen molar-refractivity contribution in [3.05, 3.63) is 99.1 Å². The molecule has 0 radical (unpaired) electrons. The molecule has 1 atom stereocenters. The third kappa shape index (κ3) is 3.69. The molecule has 34 heavy (non-hydrogen) atoms. The number of thiazole rings is 1. The van der Waals surface area contributed by atoms with Crippen LogP contribution in [0.25, 0.3) is 16.0 Å². The van der Waals surface area contributed by atoms with Crippen molar-refractivity contribution in [1.29, 1.82) is 0 Å². The van der Waals surface area contributed by atoms with Gasteiger partial charge in [-0.15, -0.1) is 0 Å². The lowest BCUT2D eigenvalue weighted by atomic mass is 9.95. The van der Waals surface area contributed by atoms with Gasteiger partial charge in [0.1, 0.15) is 5.76 Å². The van der Waals surface area contributed by atoms with Crippen LogP contribution in [0.1, 0.15) is 33.9 Å². The summed E-state index contributed by atoms with van der Waals surface area (Å²) >= 11 is 7.36. The molecule has 1 amide bonds. The molecule has 1 aliphatic heterocycles. The lowest BCUT2D eigenvalue weighted by Crippen LogP contribution is -2.29. The number of Topliss-reactive ketones (excluding diaryl/α,β-unsaturated/α-hetero) is 1. The first kappa shape index (κ1) is 22.3. The van der Waals surface area contributed by atoms with E-state index in [2.05, 4.69) is 0 Å². The number of aliphatic hydroxyl groups excluding tert-OH is 1. The predicted octanol–water partition coefficient (Wildman–Crippen LogP) is 6.50. The van der Waals surface area contributed by atoms with Crippen molar-refractivity contribution < 1.29 is 14.7 Å². The molecule has 1 aliphatic rings. The molecule has 0 bridgehead atoms. The number of hydrogen-bond donors (Lipinski definition) is 1. The molecular weight excluding hydrogens is 468 g/mol. The Morgan fingerprint density at radius 2 is 1.65 bits per heavy atom. The van der Waals surface area contributed by atoms with Gasteiger partial charge in [0.25, 0.3) is 5.78 Å². The fourth-order valence-corrected chi connectivity index (χ4v) is 5.61. The minimum atomic E-state index is -0.807. The number of nitrogens with zero attached hydrogens (tertiary/aromatic N) is 2. The lowest BCUT2D eigenvalue weighted by Gasteiger charge is -2.23. The van der Waals surface area contributed by atoms with Gasteiger partial charge in [-0.05, 0) is 67.8 Å². The number of aliphatic hydroxyl groups is 1. The molecule has 2 heterocycles. The number of carbonyl (C=O) groups is 2. The summed E-state index contributed by atoms with van der Waals surface area (Å²) in [5.41, 5.74) is 5.10. The maximum atomic E-state index is 13.4. The van der Waals surface area contributed by atoms with Crippen LogP contribution in [0.4, 0.5) is 5.13 Å². The summed E-state index contributed by atoms with van der Waals surface area (Å²) in [4.78, 5) is 32.8. The van der Waals surface area contributed by atoms with E-state index in [-0.39, 0.29) is 11.3 Å². The topological polar surface area (TPSA) is 70.5 Å². The fraction of sp³-hybridized carbons (Fsp3) is 0.148. The third-order valence-corrected chi connectivity index (χ3v) is 7.23. The smallest absolute Gasteiger partial charge is 0.301 e. The zero-order valence-corrected chi connectivity index (χ0v) is 20.4. The van der Waals surface area contributed by atoms with Crippen LogP contribution in [-0.2, 0) is 9.59 Å². The highest BCUT2D eigenvalue weighted by atomic mass is 35.5. The molecule has 7 heteroatoms. The number of carbonyl (C=O) groups excluding carboxylic acids is 2. The molecule has 4 aromatic rings. The molecule has 0 aliphatic carbocycles. The Morgan fingerprint density at radius 1 is 0.971 bits per heavy atom. The molecule has 1 fully saturated rings. The summed E-state index contributed by atoms with van der Waals surface area (Å²) in [6.07, 6.45) is 0. The van der Waals surface area contributed by atoms with E-state index in [4.69, 9.17) is 16.6 Å². The Balaban J connectivity index is 1.74. The largest absolute Gasteiger partial charge is 0.507 e. The number of halogens is 1. The summed E-state index contributed by atoms with van der Waals surface area (Å²) in [7, 11) is 0. The minimum absolute atomic E-state index is 0.0309. The summed E-state index contributed by atoms with van der Waals surface area (Å²) < 4.78 is 0.940. The number of anilines is 1. The number of fused-ring (bicyclic) bond motifs is 1. The average Bonchev–Trinajstić information content (AvgIpc) is 3.33. The van der Waals surface area contributed by atoms with Gasteiger partial charge in [0, 0.05) is 10.6 Å². The summed E-state index contributed by atoms with van der Waals surface area (Å²) in [5.74, 6) is -1.70. The number of benzene rings is 3. The highest BCUT2D eigenvalue weighted by Crippen LogP contribution is 2.44. The molecular formula is C27H21ClN2O3S. The number of rotatable bonds is 3. The maximum absolute atomic E-state index is 13.4. The molecule has 1 unspecified atom stereocenters. The first-order chi connectivity index (χ1) is 16.2. The summed E-state index contributed by atoms with van der Waals surface area (Å²) in [6.45, 7) is 5.95. The zero-order chi connectivity index (χ0) is 24.1. The van der Waals surface area contributed by atoms with Crippen LogP contribution >= 0.6 is 22.9 Å². The monoisotopic (exact) mass is 488 g/mol. The normalized spacial score (nSPS) is 17.6. The van der Waals surface area contributed by atoms with Crippen LogP contribution < -0.4 is 4.90 Å². The molecule has 5 nitrogen and oxygen atoms in total. The SMILES string of the molecule is Cc1ccc(C2C(=C(O)c3ccc(Cl)cc3)C(=O)C(=O)N2c2nc3c(C)cc(C)cc3s2)cc1. The van der Waals surface area contributed by atoms with Crippen LogP contribution in [0.15, 0.2) is 66.2 Å². The predicted molar refractivity (Wildman–Crippen MR) is 137 cm³/mol. The Labute approximate surface area is 205 Å².